The van der Waals surface area contributed by atoms with Gasteiger partial charge in [-0.05, 0) is 19.2 Å². The maximum Gasteiger partial charge on any atom is 0.148 e. The van der Waals surface area contributed by atoms with E-state index in [0.717, 1.165) is 6.29 Å². The van der Waals surface area contributed by atoms with Crippen LogP contribution in [0.5, 0.6) is 0 Å². The zero-order valence-electron chi connectivity index (χ0n) is 7.23. The van der Waals surface area contributed by atoms with Crippen LogP contribution in [-0.4, -0.2) is 19.0 Å². The summed E-state index contributed by atoms with van der Waals surface area (Å²) in [6.07, 6.45) is 8.02. The van der Waals surface area contributed by atoms with Crippen molar-refractivity contribution in [3.8, 4) is 0 Å². The fraction of sp³-hybridized carbons (Fsp3) is 0.200. The first-order valence-corrected chi connectivity index (χ1v) is 3.65. The molecule has 0 aromatic heterocycles. The third-order valence-corrected chi connectivity index (χ3v) is 1.32. The molecule has 64 valence electrons. The number of hydrogen-bond acceptors (Lipinski definition) is 2. The molecule has 0 bridgehead atoms. The van der Waals surface area contributed by atoms with E-state index >= 15 is 0 Å². The molecular weight excluding hydrogens is 150 g/mol. The normalized spacial score (nSPS) is 13.4. The second-order valence-electron chi connectivity index (χ2n) is 2.22. The summed E-state index contributed by atoms with van der Waals surface area (Å²) in [5, 5.41) is 0. The van der Waals surface area contributed by atoms with Crippen molar-refractivity contribution in [3.63, 3.8) is 0 Å². The van der Waals surface area contributed by atoms with Gasteiger partial charge in [0.05, 0.1) is 0 Å². The highest BCUT2D eigenvalue weighted by Gasteiger charge is 2.03. The average molecular weight is 163 g/mol. The van der Waals surface area contributed by atoms with Gasteiger partial charge >= 0.3 is 0 Å². The largest absolute Gasteiger partial charge is 0.301 e. The van der Waals surface area contributed by atoms with Gasteiger partial charge in [-0.3, -0.25) is 4.99 Å². The van der Waals surface area contributed by atoms with E-state index in [-0.39, 0.29) is 0 Å². The molecule has 2 heteroatoms. The summed E-state index contributed by atoms with van der Waals surface area (Å²) in [4.78, 5) is 14.0. The lowest BCUT2D eigenvalue weighted by Crippen LogP contribution is -2.06. The molecule has 0 aromatic carbocycles. The van der Waals surface area contributed by atoms with Crippen molar-refractivity contribution in [1.29, 1.82) is 0 Å². The van der Waals surface area contributed by atoms with E-state index < -0.39 is 6.04 Å². The molecule has 0 aliphatic rings. The quantitative estimate of drug-likeness (QED) is 0.346. The van der Waals surface area contributed by atoms with Crippen LogP contribution < -0.4 is 0 Å². The van der Waals surface area contributed by atoms with Crippen LogP contribution in [0.1, 0.15) is 6.92 Å². The summed E-state index contributed by atoms with van der Waals surface area (Å²) in [6.45, 7) is 8.88. The highest BCUT2D eigenvalue weighted by molar-refractivity contribution is 5.66. The maximum atomic E-state index is 10.4. The number of nitrogens with zero attached hydrogens (tertiary/aromatic N) is 1. The number of rotatable bonds is 5. The minimum atomic E-state index is -0.508. The van der Waals surface area contributed by atoms with Gasteiger partial charge in [0, 0.05) is 0 Å². The van der Waals surface area contributed by atoms with E-state index in [2.05, 4.69) is 18.3 Å². The smallest absolute Gasteiger partial charge is 0.148 e. The van der Waals surface area contributed by atoms with Crippen LogP contribution in [0.4, 0.5) is 0 Å². The minimum Gasteiger partial charge on any atom is -0.301 e. The standard InChI is InChI=1S/C10H13NO/c1-4-5-6-7-9(2)10(8-12)11-3/h4-8,10H,2-3H2,1H3/b5-4-,7-6-. The third-order valence-electron chi connectivity index (χ3n) is 1.32. The Morgan fingerprint density at radius 3 is 2.58 bits per heavy atom. The van der Waals surface area contributed by atoms with Crippen LogP contribution in [-0.2, 0) is 4.79 Å². The Balaban J connectivity index is 4.18. The van der Waals surface area contributed by atoms with Crippen LogP contribution in [0.15, 0.2) is 41.4 Å². The van der Waals surface area contributed by atoms with Crippen LogP contribution in [0.2, 0.25) is 0 Å². The Kier molecular flexibility index (Phi) is 5.53. The Labute approximate surface area is 73.0 Å². The second kappa shape index (κ2) is 6.28. The van der Waals surface area contributed by atoms with E-state index in [0.29, 0.717) is 5.57 Å². The highest BCUT2D eigenvalue weighted by atomic mass is 16.1. The molecule has 2 nitrogen and oxygen atoms in total. The van der Waals surface area contributed by atoms with Crippen LogP contribution in [0.25, 0.3) is 0 Å². The van der Waals surface area contributed by atoms with Gasteiger partial charge in [-0.1, -0.05) is 30.9 Å². The summed E-state index contributed by atoms with van der Waals surface area (Å²) in [7, 11) is 0. The molecule has 0 heterocycles. The Morgan fingerprint density at radius 2 is 2.17 bits per heavy atom. The first kappa shape index (κ1) is 10.6. The molecule has 0 saturated heterocycles. The molecule has 12 heavy (non-hydrogen) atoms. The summed E-state index contributed by atoms with van der Waals surface area (Å²) < 4.78 is 0. The van der Waals surface area contributed by atoms with Crippen molar-refractivity contribution >= 4 is 13.0 Å². The summed E-state index contributed by atoms with van der Waals surface area (Å²) >= 11 is 0. The number of carbonyl (C=O) groups excluding carboxylic acids is 1. The first-order chi connectivity index (χ1) is 5.76. The molecule has 1 atom stereocenters. The number of carbonyl (C=O) groups is 1. The van der Waals surface area contributed by atoms with Crippen molar-refractivity contribution in [2.75, 3.05) is 0 Å². The molecule has 0 aliphatic carbocycles. The molecule has 0 radical (unpaired) electrons. The van der Waals surface area contributed by atoms with Crippen LogP contribution in [0.3, 0.4) is 0 Å². The van der Waals surface area contributed by atoms with Crippen molar-refractivity contribution in [2.24, 2.45) is 4.99 Å². The van der Waals surface area contributed by atoms with E-state index in [1.54, 1.807) is 6.08 Å². The molecule has 0 aliphatic heterocycles. The van der Waals surface area contributed by atoms with Gasteiger partial charge < -0.3 is 4.79 Å². The van der Waals surface area contributed by atoms with Gasteiger partial charge in [0.25, 0.3) is 0 Å². The molecule has 0 rings (SSSR count). The number of aliphatic imine (C=N–C) groups is 1. The van der Waals surface area contributed by atoms with Crippen LogP contribution in [0, 0.1) is 0 Å². The molecule has 0 saturated carbocycles. The van der Waals surface area contributed by atoms with Gasteiger partial charge in [-0.2, -0.15) is 0 Å². The molecule has 0 amide bonds. The Bertz CT molecular complexity index is 218. The Morgan fingerprint density at radius 1 is 1.50 bits per heavy atom. The highest BCUT2D eigenvalue weighted by Crippen LogP contribution is 2.02. The lowest BCUT2D eigenvalue weighted by Gasteiger charge is -2.01. The van der Waals surface area contributed by atoms with E-state index in [9.17, 15) is 4.79 Å². The van der Waals surface area contributed by atoms with Crippen molar-refractivity contribution in [3.05, 3.63) is 36.5 Å². The lowest BCUT2D eigenvalue weighted by molar-refractivity contribution is -0.108. The SMILES string of the molecule is C=NC(C=O)C(=C)/C=C\C=C/C. The van der Waals surface area contributed by atoms with Crippen molar-refractivity contribution < 1.29 is 4.79 Å². The van der Waals surface area contributed by atoms with E-state index in [1.165, 1.54) is 0 Å². The monoisotopic (exact) mass is 163 g/mol. The Hall–Kier alpha value is -1.44. The maximum absolute atomic E-state index is 10.4. The zero-order chi connectivity index (χ0) is 9.40. The second-order valence-corrected chi connectivity index (χ2v) is 2.22. The zero-order valence-corrected chi connectivity index (χ0v) is 7.23. The summed E-state index contributed by atoms with van der Waals surface area (Å²) in [5.74, 6) is 0. The number of hydrogen-bond donors (Lipinski definition) is 0. The third kappa shape index (κ3) is 3.66. The van der Waals surface area contributed by atoms with Gasteiger partial charge in [-0.25, -0.2) is 0 Å². The number of aldehydes is 1. The number of allylic oxidation sites excluding steroid dienone is 3. The molecule has 0 spiro atoms. The fourth-order valence-corrected chi connectivity index (χ4v) is 0.637. The minimum absolute atomic E-state index is 0.508. The summed E-state index contributed by atoms with van der Waals surface area (Å²) in [5.41, 5.74) is 0.651. The predicted octanol–water partition coefficient (Wildman–Crippen LogP) is 1.94. The predicted molar refractivity (Wildman–Crippen MR) is 52.5 cm³/mol. The lowest BCUT2D eigenvalue weighted by atomic mass is 10.1. The van der Waals surface area contributed by atoms with Crippen LogP contribution >= 0.6 is 0 Å². The average Bonchev–Trinajstić information content (AvgIpc) is 2.07. The fourth-order valence-electron chi connectivity index (χ4n) is 0.637. The molecular formula is C10H13NO. The topological polar surface area (TPSA) is 29.4 Å². The molecule has 0 fully saturated rings. The first-order valence-electron chi connectivity index (χ1n) is 3.65. The molecule has 1 unspecified atom stereocenters. The van der Waals surface area contributed by atoms with Crippen molar-refractivity contribution in [2.45, 2.75) is 13.0 Å². The van der Waals surface area contributed by atoms with Crippen molar-refractivity contribution in [1.82, 2.24) is 0 Å². The molecule has 0 N–H and O–H groups in total. The van der Waals surface area contributed by atoms with E-state index in [4.69, 9.17) is 0 Å². The van der Waals surface area contributed by atoms with Gasteiger partial charge in [0.15, 0.2) is 0 Å². The van der Waals surface area contributed by atoms with Gasteiger partial charge in [-0.15, -0.1) is 0 Å². The van der Waals surface area contributed by atoms with Gasteiger partial charge in [0.2, 0.25) is 0 Å². The summed E-state index contributed by atoms with van der Waals surface area (Å²) in [6, 6.07) is -0.508. The van der Waals surface area contributed by atoms with E-state index in [1.807, 2.05) is 25.2 Å². The molecule has 0 aromatic rings. The van der Waals surface area contributed by atoms with Gasteiger partial charge in [0.1, 0.15) is 12.3 Å².